The molecule has 4 heteroatoms. The highest BCUT2D eigenvalue weighted by Gasteiger charge is 2.26. The van der Waals surface area contributed by atoms with Crippen LogP contribution in [0.3, 0.4) is 0 Å². The van der Waals surface area contributed by atoms with Crippen molar-refractivity contribution in [3.8, 4) is 0 Å². The first kappa shape index (κ1) is 12.0. The normalized spacial score (nSPS) is 23.0. The lowest BCUT2D eigenvalue weighted by molar-refractivity contribution is -0.116. The summed E-state index contributed by atoms with van der Waals surface area (Å²) in [5.74, 6) is 0.267. The Bertz CT molecular complexity index is 454. The SMILES string of the molecule is O=C1NCC[S+]([O-])/C1=C/C=C/c1ccccc1. The number of amides is 1. The van der Waals surface area contributed by atoms with Gasteiger partial charge in [-0.1, -0.05) is 42.5 Å². The van der Waals surface area contributed by atoms with Gasteiger partial charge in [0.15, 0.2) is 0 Å². The molecule has 1 atom stereocenters. The third-order valence-corrected chi connectivity index (χ3v) is 3.76. The number of carbonyl (C=O) groups is 1. The third kappa shape index (κ3) is 3.22. The molecule has 1 N–H and O–H groups in total. The fourth-order valence-electron chi connectivity index (χ4n) is 1.52. The largest absolute Gasteiger partial charge is 0.611 e. The molecule has 0 bridgehead atoms. The molecule has 1 fully saturated rings. The first-order valence-electron chi connectivity index (χ1n) is 5.37. The molecule has 1 aliphatic heterocycles. The number of nitrogens with one attached hydrogen (secondary N) is 1. The van der Waals surface area contributed by atoms with Crippen LogP contribution >= 0.6 is 0 Å². The predicted octanol–water partition coefficient (Wildman–Crippen LogP) is 1.46. The third-order valence-electron chi connectivity index (χ3n) is 2.38. The van der Waals surface area contributed by atoms with Crippen molar-refractivity contribution in [1.82, 2.24) is 5.32 Å². The molecule has 1 heterocycles. The highest BCUT2D eigenvalue weighted by molar-refractivity contribution is 7.96. The van der Waals surface area contributed by atoms with E-state index in [4.69, 9.17) is 0 Å². The molecule has 1 amide bonds. The molecule has 88 valence electrons. The maximum atomic E-state index is 11.6. The van der Waals surface area contributed by atoms with E-state index in [2.05, 4.69) is 5.32 Å². The maximum absolute atomic E-state index is 11.6. The van der Waals surface area contributed by atoms with E-state index in [0.717, 1.165) is 5.56 Å². The number of hydrogen-bond donors (Lipinski definition) is 1. The summed E-state index contributed by atoms with van der Waals surface area (Å²) in [5.41, 5.74) is 1.05. The van der Waals surface area contributed by atoms with Gasteiger partial charge in [0, 0.05) is 0 Å². The standard InChI is InChI=1S/C13H13NO2S/c15-13-12(17(16)10-9-14-13)8-4-7-11-5-2-1-3-6-11/h1-8H,9-10H2,(H,14,15)/b7-4+,12-8+. The molecule has 2 rings (SSSR count). The van der Waals surface area contributed by atoms with Crippen LogP contribution in [0.2, 0.25) is 0 Å². The fraction of sp³-hybridized carbons (Fsp3) is 0.154. The molecule has 1 saturated heterocycles. The summed E-state index contributed by atoms with van der Waals surface area (Å²) in [6.45, 7) is 0.491. The van der Waals surface area contributed by atoms with E-state index >= 15 is 0 Å². The van der Waals surface area contributed by atoms with Crippen LogP contribution in [0.15, 0.2) is 47.4 Å². The molecule has 0 aromatic heterocycles. The second-order valence-electron chi connectivity index (χ2n) is 3.61. The molecule has 1 aromatic rings. The van der Waals surface area contributed by atoms with Crippen molar-refractivity contribution in [1.29, 1.82) is 0 Å². The van der Waals surface area contributed by atoms with Gasteiger partial charge in [-0.2, -0.15) is 0 Å². The number of hydrogen-bond acceptors (Lipinski definition) is 2. The van der Waals surface area contributed by atoms with E-state index in [1.165, 1.54) is 0 Å². The number of benzene rings is 1. The number of carbonyl (C=O) groups excluding carboxylic acids is 1. The number of allylic oxidation sites excluding steroid dienone is 2. The van der Waals surface area contributed by atoms with Crippen LogP contribution in [0.4, 0.5) is 0 Å². The first-order valence-corrected chi connectivity index (χ1v) is 6.69. The van der Waals surface area contributed by atoms with Crippen LogP contribution in [-0.2, 0) is 16.0 Å². The van der Waals surface area contributed by atoms with Crippen LogP contribution in [-0.4, -0.2) is 22.8 Å². The molecule has 0 aliphatic carbocycles. The van der Waals surface area contributed by atoms with E-state index < -0.39 is 11.2 Å². The van der Waals surface area contributed by atoms with Gasteiger partial charge in [-0.25, -0.2) is 0 Å². The Balaban J connectivity index is 2.09. The Morgan fingerprint density at radius 3 is 2.76 bits per heavy atom. The molecule has 1 aromatic carbocycles. The van der Waals surface area contributed by atoms with Gasteiger partial charge in [-0.3, -0.25) is 4.79 Å². The van der Waals surface area contributed by atoms with Crippen molar-refractivity contribution in [3.05, 3.63) is 53.0 Å². The van der Waals surface area contributed by atoms with Crippen LogP contribution in [0.25, 0.3) is 6.08 Å². The van der Waals surface area contributed by atoms with Crippen molar-refractivity contribution >= 4 is 23.2 Å². The molecule has 0 saturated carbocycles. The van der Waals surface area contributed by atoms with E-state index in [0.29, 0.717) is 17.2 Å². The van der Waals surface area contributed by atoms with Gasteiger partial charge in [0.2, 0.25) is 4.91 Å². The van der Waals surface area contributed by atoms with E-state index in [1.54, 1.807) is 12.2 Å². The Kier molecular flexibility index (Phi) is 4.01. The van der Waals surface area contributed by atoms with Gasteiger partial charge in [-0.15, -0.1) is 0 Å². The van der Waals surface area contributed by atoms with E-state index in [1.807, 2.05) is 36.4 Å². The summed E-state index contributed by atoms with van der Waals surface area (Å²) in [7, 11) is 0. The zero-order valence-corrected chi connectivity index (χ0v) is 10.1. The minimum absolute atomic E-state index is 0.229. The fourth-order valence-corrected chi connectivity index (χ4v) is 2.54. The molecule has 1 unspecified atom stereocenters. The minimum Gasteiger partial charge on any atom is -0.611 e. The van der Waals surface area contributed by atoms with Gasteiger partial charge in [-0.05, 0) is 22.8 Å². The quantitative estimate of drug-likeness (QED) is 0.635. The highest BCUT2D eigenvalue weighted by atomic mass is 32.2. The molecule has 0 spiro atoms. The molecular weight excluding hydrogens is 234 g/mol. The number of rotatable bonds is 2. The van der Waals surface area contributed by atoms with Gasteiger partial charge in [0.25, 0.3) is 5.91 Å². The van der Waals surface area contributed by atoms with Gasteiger partial charge in [0.1, 0.15) is 5.75 Å². The van der Waals surface area contributed by atoms with E-state index in [9.17, 15) is 9.35 Å². The van der Waals surface area contributed by atoms with Crippen molar-refractivity contribution in [2.75, 3.05) is 12.3 Å². The monoisotopic (exact) mass is 247 g/mol. The van der Waals surface area contributed by atoms with Crippen molar-refractivity contribution < 1.29 is 9.35 Å². The minimum atomic E-state index is -1.17. The lowest BCUT2D eigenvalue weighted by Crippen LogP contribution is -2.39. The topological polar surface area (TPSA) is 52.2 Å². The van der Waals surface area contributed by atoms with Crippen LogP contribution in [0.5, 0.6) is 0 Å². The van der Waals surface area contributed by atoms with Gasteiger partial charge in [0.05, 0.1) is 6.54 Å². The van der Waals surface area contributed by atoms with Crippen molar-refractivity contribution in [2.45, 2.75) is 0 Å². The molecular formula is C13H13NO2S. The average Bonchev–Trinajstić information content (AvgIpc) is 2.34. The summed E-state index contributed by atoms with van der Waals surface area (Å²) in [6.07, 6.45) is 5.26. The Hall–Kier alpha value is -1.52. The maximum Gasteiger partial charge on any atom is 0.299 e. The molecule has 3 nitrogen and oxygen atoms in total. The summed E-state index contributed by atoms with van der Waals surface area (Å²) in [6, 6.07) is 9.76. The van der Waals surface area contributed by atoms with Gasteiger partial charge >= 0.3 is 0 Å². The summed E-state index contributed by atoms with van der Waals surface area (Å²) in [4.78, 5) is 11.8. The molecule has 17 heavy (non-hydrogen) atoms. The second kappa shape index (κ2) is 5.70. The van der Waals surface area contributed by atoms with E-state index in [-0.39, 0.29) is 5.91 Å². The first-order chi connectivity index (χ1) is 8.27. The van der Waals surface area contributed by atoms with Crippen molar-refractivity contribution in [2.24, 2.45) is 0 Å². The summed E-state index contributed by atoms with van der Waals surface area (Å²) >= 11 is -1.17. The Morgan fingerprint density at radius 2 is 2.06 bits per heavy atom. The Labute approximate surface area is 103 Å². The van der Waals surface area contributed by atoms with Crippen LogP contribution < -0.4 is 5.32 Å². The zero-order chi connectivity index (χ0) is 12.1. The highest BCUT2D eigenvalue weighted by Crippen LogP contribution is 2.12. The summed E-state index contributed by atoms with van der Waals surface area (Å²) < 4.78 is 11.6. The van der Waals surface area contributed by atoms with Gasteiger partial charge < -0.3 is 9.87 Å². The zero-order valence-electron chi connectivity index (χ0n) is 9.26. The Morgan fingerprint density at radius 1 is 1.29 bits per heavy atom. The van der Waals surface area contributed by atoms with Crippen LogP contribution in [0, 0.1) is 0 Å². The second-order valence-corrected chi connectivity index (χ2v) is 5.15. The summed E-state index contributed by atoms with van der Waals surface area (Å²) in [5, 5.41) is 2.68. The predicted molar refractivity (Wildman–Crippen MR) is 69.6 cm³/mol. The smallest absolute Gasteiger partial charge is 0.299 e. The lowest BCUT2D eigenvalue weighted by atomic mass is 10.2. The van der Waals surface area contributed by atoms with Crippen molar-refractivity contribution in [3.63, 3.8) is 0 Å². The van der Waals surface area contributed by atoms with Crippen LogP contribution in [0.1, 0.15) is 5.56 Å². The average molecular weight is 247 g/mol. The molecule has 0 radical (unpaired) electrons. The lowest BCUT2D eigenvalue weighted by Gasteiger charge is -2.18. The molecule has 1 aliphatic rings.